The van der Waals surface area contributed by atoms with Gasteiger partial charge in [0, 0.05) is 27.7 Å². The molecule has 0 bridgehead atoms. The highest BCUT2D eigenvalue weighted by Gasteiger charge is 2.30. The zero-order chi connectivity index (χ0) is 27.3. The summed E-state index contributed by atoms with van der Waals surface area (Å²) in [6.45, 7) is 1.37. The van der Waals surface area contributed by atoms with E-state index in [1.807, 2.05) is 0 Å². The lowest BCUT2D eigenvalue weighted by molar-refractivity contribution is -0.139. The SMILES string of the molecule is C[C@H](NN(C(=O)c1cc(Cl)cc(Cl)c1)C(=O)c1ccc(C(=O)NCc2cccc(O)c2)cc1Cl)C(=O)O. The van der Waals surface area contributed by atoms with Gasteiger partial charge in [-0.15, -0.1) is 0 Å². The van der Waals surface area contributed by atoms with Crippen LogP contribution >= 0.6 is 34.8 Å². The molecule has 0 aliphatic heterocycles. The smallest absolute Gasteiger partial charge is 0.322 e. The molecular formula is C25H20Cl3N3O6. The van der Waals surface area contributed by atoms with Gasteiger partial charge in [0.05, 0.1) is 10.6 Å². The minimum Gasteiger partial charge on any atom is -0.508 e. The fraction of sp³-hybridized carbons (Fsp3) is 0.120. The van der Waals surface area contributed by atoms with Crippen LogP contribution in [-0.4, -0.2) is 45.0 Å². The number of phenols is 1. The van der Waals surface area contributed by atoms with Gasteiger partial charge in [0.15, 0.2) is 0 Å². The van der Waals surface area contributed by atoms with Crippen LogP contribution in [-0.2, 0) is 11.3 Å². The largest absolute Gasteiger partial charge is 0.508 e. The number of carbonyl (C=O) groups is 4. The summed E-state index contributed by atoms with van der Waals surface area (Å²) in [5, 5.41) is 22.1. The van der Waals surface area contributed by atoms with Crippen LogP contribution in [0.4, 0.5) is 0 Å². The molecule has 3 rings (SSSR count). The Morgan fingerprint density at radius 3 is 2.16 bits per heavy atom. The molecule has 3 aromatic rings. The number of hydrazine groups is 1. The Hall–Kier alpha value is -3.63. The van der Waals surface area contributed by atoms with Gasteiger partial charge in [0.2, 0.25) is 0 Å². The van der Waals surface area contributed by atoms with Crippen LogP contribution in [0.25, 0.3) is 0 Å². The maximum Gasteiger partial charge on any atom is 0.322 e. The molecule has 0 unspecified atom stereocenters. The molecule has 9 nitrogen and oxygen atoms in total. The van der Waals surface area contributed by atoms with Crippen molar-refractivity contribution in [2.75, 3.05) is 0 Å². The third-order valence-corrected chi connectivity index (χ3v) is 5.78. The fourth-order valence-corrected chi connectivity index (χ4v) is 3.95. The Morgan fingerprint density at radius 1 is 0.892 bits per heavy atom. The number of hydrogen-bond acceptors (Lipinski definition) is 6. The molecule has 4 N–H and O–H groups in total. The average molecular weight is 565 g/mol. The average Bonchev–Trinajstić information content (AvgIpc) is 2.84. The molecule has 3 amide bonds. The van der Waals surface area contributed by atoms with Crippen molar-refractivity contribution in [3.63, 3.8) is 0 Å². The van der Waals surface area contributed by atoms with Crippen molar-refractivity contribution in [2.24, 2.45) is 0 Å². The standard InChI is InChI=1S/C25H20Cl3N3O6/c1-13(25(36)37)30-31(23(34)16-8-17(26)11-18(27)9-16)24(35)20-6-5-15(10-21(20)28)22(33)29-12-14-3-2-4-19(32)7-14/h2-11,13,30,32H,12H2,1H3,(H,29,33)(H,36,37)/t13-/m0/s1. The molecule has 0 spiro atoms. The lowest BCUT2D eigenvalue weighted by Gasteiger charge is -2.24. The number of aromatic hydroxyl groups is 1. The second-order valence-electron chi connectivity index (χ2n) is 7.84. The van der Waals surface area contributed by atoms with E-state index in [-0.39, 0.29) is 44.1 Å². The van der Waals surface area contributed by atoms with E-state index in [0.717, 1.165) is 0 Å². The molecule has 0 heterocycles. The third-order valence-electron chi connectivity index (χ3n) is 5.03. The van der Waals surface area contributed by atoms with Crippen molar-refractivity contribution >= 4 is 58.5 Å². The summed E-state index contributed by atoms with van der Waals surface area (Å²) in [5.74, 6) is -3.65. The Kier molecular flexibility index (Phi) is 9.12. The number of carbonyl (C=O) groups excluding carboxylic acids is 3. The first-order valence-corrected chi connectivity index (χ1v) is 11.8. The van der Waals surface area contributed by atoms with Crippen LogP contribution in [0, 0.1) is 0 Å². The first-order valence-electron chi connectivity index (χ1n) is 10.7. The van der Waals surface area contributed by atoms with Crippen LogP contribution in [0.1, 0.15) is 43.6 Å². The number of imide groups is 1. The maximum absolute atomic E-state index is 13.3. The first kappa shape index (κ1) is 27.9. The van der Waals surface area contributed by atoms with Crippen molar-refractivity contribution in [2.45, 2.75) is 19.5 Å². The predicted octanol–water partition coefficient (Wildman–Crippen LogP) is 4.54. The monoisotopic (exact) mass is 563 g/mol. The molecule has 0 aromatic heterocycles. The summed E-state index contributed by atoms with van der Waals surface area (Å²) < 4.78 is 0. The van der Waals surface area contributed by atoms with E-state index in [9.17, 15) is 29.4 Å². The Balaban J connectivity index is 1.85. The Labute approximate surface area is 226 Å². The van der Waals surface area contributed by atoms with Crippen molar-refractivity contribution in [1.82, 2.24) is 15.8 Å². The summed E-state index contributed by atoms with van der Waals surface area (Å²) >= 11 is 18.2. The van der Waals surface area contributed by atoms with Gasteiger partial charge in [-0.25, -0.2) is 10.4 Å². The van der Waals surface area contributed by atoms with Crippen molar-refractivity contribution in [3.8, 4) is 5.75 Å². The molecule has 0 aliphatic carbocycles. The van der Waals surface area contributed by atoms with Crippen LogP contribution in [0.2, 0.25) is 15.1 Å². The van der Waals surface area contributed by atoms with Crippen LogP contribution in [0.3, 0.4) is 0 Å². The molecule has 1 atom stereocenters. The van der Waals surface area contributed by atoms with Gasteiger partial charge in [-0.3, -0.25) is 19.2 Å². The summed E-state index contributed by atoms with van der Waals surface area (Å²) in [7, 11) is 0. The summed E-state index contributed by atoms with van der Waals surface area (Å²) in [5.41, 5.74) is 2.91. The predicted molar refractivity (Wildman–Crippen MR) is 138 cm³/mol. The van der Waals surface area contributed by atoms with Gasteiger partial charge < -0.3 is 15.5 Å². The Bertz CT molecular complexity index is 1360. The lowest BCUT2D eigenvalue weighted by atomic mass is 10.1. The molecule has 0 saturated heterocycles. The number of carboxylic acid groups (broad SMARTS) is 1. The highest BCUT2D eigenvalue weighted by Crippen LogP contribution is 2.23. The van der Waals surface area contributed by atoms with Gasteiger partial charge in [-0.1, -0.05) is 46.9 Å². The number of rotatable bonds is 8. The number of phenolic OH excluding ortho intramolecular Hbond substituents is 1. The van der Waals surface area contributed by atoms with Crippen LogP contribution in [0.15, 0.2) is 60.7 Å². The zero-order valence-electron chi connectivity index (χ0n) is 19.2. The highest BCUT2D eigenvalue weighted by molar-refractivity contribution is 6.36. The van der Waals surface area contributed by atoms with Gasteiger partial charge in [-0.05, 0) is 61.0 Å². The lowest BCUT2D eigenvalue weighted by Crippen LogP contribution is -2.53. The van der Waals surface area contributed by atoms with E-state index < -0.39 is 29.7 Å². The van der Waals surface area contributed by atoms with E-state index in [1.54, 1.807) is 12.1 Å². The highest BCUT2D eigenvalue weighted by atomic mass is 35.5. The second kappa shape index (κ2) is 12.1. The Morgan fingerprint density at radius 2 is 1.57 bits per heavy atom. The van der Waals surface area contributed by atoms with Crippen LogP contribution in [0.5, 0.6) is 5.75 Å². The number of amides is 3. The van der Waals surface area contributed by atoms with Gasteiger partial charge in [0.25, 0.3) is 17.7 Å². The number of hydrogen-bond donors (Lipinski definition) is 4. The van der Waals surface area contributed by atoms with Crippen molar-refractivity contribution in [3.05, 3.63) is 98.0 Å². The maximum atomic E-state index is 13.3. The minimum absolute atomic E-state index is 0.0580. The van der Waals surface area contributed by atoms with E-state index >= 15 is 0 Å². The molecule has 3 aromatic carbocycles. The third kappa shape index (κ3) is 7.21. The van der Waals surface area contributed by atoms with Gasteiger partial charge in [0.1, 0.15) is 11.8 Å². The van der Waals surface area contributed by atoms with E-state index in [2.05, 4.69) is 10.7 Å². The number of aliphatic carboxylic acids is 1. The number of benzene rings is 3. The number of nitrogens with zero attached hydrogens (tertiary/aromatic N) is 1. The number of carboxylic acids is 1. The molecule has 0 fully saturated rings. The molecular weight excluding hydrogens is 545 g/mol. The molecule has 0 aliphatic rings. The van der Waals surface area contributed by atoms with E-state index in [4.69, 9.17) is 34.8 Å². The number of nitrogens with one attached hydrogen (secondary N) is 2. The topological polar surface area (TPSA) is 136 Å². The first-order chi connectivity index (χ1) is 17.5. The van der Waals surface area contributed by atoms with Crippen molar-refractivity contribution < 1.29 is 29.4 Å². The van der Waals surface area contributed by atoms with Crippen LogP contribution < -0.4 is 10.7 Å². The second-order valence-corrected chi connectivity index (χ2v) is 9.12. The zero-order valence-corrected chi connectivity index (χ0v) is 21.4. The molecule has 192 valence electrons. The summed E-state index contributed by atoms with van der Waals surface area (Å²) in [6.07, 6.45) is 0. The number of halogens is 3. The van der Waals surface area contributed by atoms with E-state index in [1.165, 1.54) is 55.5 Å². The van der Waals surface area contributed by atoms with Gasteiger partial charge in [-0.2, -0.15) is 0 Å². The fourth-order valence-electron chi connectivity index (χ4n) is 3.17. The molecule has 37 heavy (non-hydrogen) atoms. The minimum atomic E-state index is -1.33. The molecule has 12 heteroatoms. The van der Waals surface area contributed by atoms with E-state index in [0.29, 0.717) is 10.6 Å². The summed E-state index contributed by atoms with van der Waals surface area (Å²) in [4.78, 5) is 50.4. The van der Waals surface area contributed by atoms with Crippen molar-refractivity contribution in [1.29, 1.82) is 0 Å². The van der Waals surface area contributed by atoms with Gasteiger partial charge >= 0.3 is 5.97 Å². The molecule has 0 saturated carbocycles. The molecule has 0 radical (unpaired) electrons. The normalized spacial score (nSPS) is 11.5. The quantitative estimate of drug-likeness (QED) is 0.233. The summed E-state index contributed by atoms with van der Waals surface area (Å²) in [6, 6.07) is 12.8.